The minimum Gasteiger partial charge on any atom is -0.457 e. The van der Waals surface area contributed by atoms with E-state index < -0.39 is 0 Å². The number of aromatic nitrogens is 2. The maximum atomic E-state index is 12.4. The third kappa shape index (κ3) is 3.08. The Labute approximate surface area is 124 Å². The van der Waals surface area contributed by atoms with Crippen LogP contribution in [0.1, 0.15) is 16.1 Å². The van der Waals surface area contributed by atoms with Crippen LogP contribution >= 0.6 is 27.5 Å². The summed E-state index contributed by atoms with van der Waals surface area (Å²) in [6.07, 6.45) is 2.93. The minimum absolute atomic E-state index is 0.207. The molecule has 0 saturated heterocycles. The number of carbonyl (C=O) groups is 1. The van der Waals surface area contributed by atoms with Gasteiger partial charge in [0.25, 0.3) is 0 Å². The largest absolute Gasteiger partial charge is 0.457 e. The molecule has 0 aliphatic heterocycles. The van der Waals surface area contributed by atoms with Gasteiger partial charge in [0.2, 0.25) is 5.78 Å². The van der Waals surface area contributed by atoms with Crippen LogP contribution in [-0.2, 0) is 6.54 Å². The fraction of sp³-hybridized carbons (Fsp3) is 0.333. The molecule has 0 radical (unpaired) electrons. The third-order valence-corrected chi connectivity index (χ3v) is 3.52. The Morgan fingerprint density at radius 1 is 1.58 bits per heavy atom. The fourth-order valence-electron chi connectivity index (χ4n) is 1.64. The summed E-state index contributed by atoms with van der Waals surface area (Å²) in [5.41, 5.74) is 0.819. The molecular formula is C12H13BrClN3O2. The molecule has 102 valence electrons. The molecule has 0 atom stereocenters. The van der Waals surface area contributed by atoms with Crippen LogP contribution in [0.2, 0.25) is 5.02 Å². The van der Waals surface area contributed by atoms with Crippen molar-refractivity contribution < 1.29 is 9.21 Å². The molecule has 5 nitrogen and oxygen atoms in total. The molecule has 2 rings (SSSR count). The van der Waals surface area contributed by atoms with E-state index in [-0.39, 0.29) is 5.78 Å². The van der Waals surface area contributed by atoms with Crippen molar-refractivity contribution in [3.8, 4) is 0 Å². The second kappa shape index (κ2) is 5.90. The SMILES string of the molecule is CN(C)CCn1ncc(Cl)c1C(=O)c1ccoc1Br. The van der Waals surface area contributed by atoms with Crippen molar-refractivity contribution in [2.75, 3.05) is 20.6 Å². The van der Waals surface area contributed by atoms with Crippen molar-refractivity contribution in [1.29, 1.82) is 0 Å². The van der Waals surface area contributed by atoms with Gasteiger partial charge in [0.1, 0.15) is 5.69 Å². The van der Waals surface area contributed by atoms with E-state index in [1.54, 1.807) is 10.7 Å². The highest BCUT2D eigenvalue weighted by Gasteiger charge is 2.22. The summed E-state index contributed by atoms with van der Waals surface area (Å²) in [4.78, 5) is 14.4. The van der Waals surface area contributed by atoms with Gasteiger partial charge >= 0.3 is 0 Å². The molecule has 0 aromatic carbocycles. The van der Waals surface area contributed by atoms with E-state index in [1.807, 2.05) is 19.0 Å². The van der Waals surface area contributed by atoms with Gasteiger partial charge in [-0.2, -0.15) is 5.10 Å². The van der Waals surface area contributed by atoms with Crippen LogP contribution in [0.3, 0.4) is 0 Å². The lowest BCUT2D eigenvalue weighted by Crippen LogP contribution is -2.21. The number of ketones is 1. The van der Waals surface area contributed by atoms with Crippen LogP contribution in [0.25, 0.3) is 0 Å². The van der Waals surface area contributed by atoms with E-state index in [0.29, 0.717) is 27.5 Å². The number of likely N-dealkylation sites (N-methyl/N-ethyl adjacent to an activating group) is 1. The minimum atomic E-state index is -0.207. The number of halogens is 2. The highest BCUT2D eigenvalue weighted by atomic mass is 79.9. The van der Waals surface area contributed by atoms with Crippen LogP contribution in [0.4, 0.5) is 0 Å². The lowest BCUT2D eigenvalue weighted by molar-refractivity contribution is 0.102. The van der Waals surface area contributed by atoms with Gasteiger partial charge in [-0.15, -0.1) is 0 Å². The summed E-state index contributed by atoms with van der Waals surface area (Å²) in [6.45, 7) is 1.36. The smallest absolute Gasteiger partial charge is 0.216 e. The molecule has 0 amide bonds. The highest BCUT2D eigenvalue weighted by molar-refractivity contribution is 9.10. The van der Waals surface area contributed by atoms with Gasteiger partial charge in [-0.3, -0.25) is 9.48 Å². The lowest BCUT2D eigenvalue weighted by Gasteiger charge is -2.11. The first-order chi connectivity index (χ1) is 9.00. The molecule has 0 unspecified atom stereocenters. The average molecular weight is 347 g/mol. The predicted octanol–water partition coefficient (Wildman–Crippen LogP) is 2.68. The van der Waals surface area contributed by atoms with Crippen molar-refractivity contribution in [3.05, 3.63) is 39.5 Å². The van der Waals surface area contributed by atoms with E-state index in [2.05, 4.69) is 21.0 Å². The fourth-order valence-corrected chi connectivity index (χ4v) is 2.28. The number of hydrogen-bond donors (Lipinski definition) is 0. The van der Waals surface area contributed by atoms with Gasteiger partial charge in [0.15, 0.2) is 4.67 Å². The highest BCUT2D eigenvalue weighted by Crippen LogP contribution is 2.24. The van der Waals surface area contributed by atoms with Crippen molar-refractivity contribution in [1.82, 2.24) is 14.7 Å². The standard InChI is InChI=1S/C12H13BrClN3O2/c1-16(2)4-5-17-10(9(14)7-15-17)11(18)8-3-6-19-12(8)13/h3,6-7H,4-5H2,1-2H3. The zero-order valence-corrected chi connectivity index (χ0v) is 12.9. The van der Waals surface area contributed by atoms with Crippen LogP contribution in [0.5, 0.6) is 0 Å². The Hall–Kier alpha value is -1.11. The molecular weight excluding hydrogens is 334 g/mol. The number of rotatable bonds is 5. The average Bonchev–Trinajstić information content (AvgIpc) is 2.92. The van der Waals surface area contributed by atoms with Gasteiger partial charge in [-0.25, -0.2) is 0 Å². The summed E-state index contributed by atoms with van der Waals surface area (Å²) in [7, 11) is 3.92. The molecule has 0 aliphatic carbocycles. The van der Waals surface area contributed by atoms with Gasteiger partial charge in [-0.1, -0.05) is 11.6 Å². The maximum Gasteiger partial charge on any atom is 0.216 e. The molecule has 0 fully saturated rings. The predicted molar refractivity (Wildman–Crippen MR) is 75.6 cm³/mol. The molecule has 0 spiro atoms. The van der Waals surface area contributed by atoms with Crippen LogP contribution in [0.15, 0.2) is 27.6 Å². The Kier molecular flexibility index (Phi) is 4.44. The molecule has 2 heterocycles. The molecule has 2 aromatic heterocycles. The summed E-state index contributed by atoms with van der Waals surface area (Å²) in [5.74, 6) is -0.207. The molecule has 0 bridgehead atoms. The van der Waals surface area contributed by atoms with Crippen LogP contribution < -0.4 is 0 Å². The van der Waals surface area contributed by atoms with Gasteiger partial charge in [0, 0.05) is 6.54 Å². The number of nitrogens with zero attached hydrogens (tertiary/aromatic N) is 3. The number of carbonyl (C=O) groups excluding carboxylic acids is 1. The molecule has 7 heteroatoms. The Balaban J connectivity index is 2.31. The maximum absolute atomic E-state index is 12.4. The van der Waals surface area contributed by atoms with E-state index >= 15 is 0 Å². The Morgan fingerprint density at radius 3 is 2.89 bits per heavy atom. The van der Waals surface area contributed by atoms with Crippen molar-refractivity contribution in [2.45, 2.75) is 6.54 Å². The molecule has 19 heavy (non-hydrogen) atoms. The summed E-state index contributed by atoms with van der Waals surface area (Å²) in [5, 5.41) is 4.48. The quantitative estimate of drug-likeness (QED) is 0.781. The van der Waals surface area contributed by atoms with Crippen molar-refractivity contribution in [3.63, 3.8) is 0 Å². The molecule has 0 aliphatic rings. The van der Waals surface area contributed by atoms with Crippen LogP contribution in [-0.4, -0.2) is 41.1 Å². The summed E-state index contributed by atoms with van der Waals surface area (Å²) < 4.78 is 7.09. The Bertz CT molecular complexity index is 592. The van der Waals surface area contributed by atoms with Gasteiger partial charge < -0.3 is 9.32 Å². The van der Waals surface area contributed by atoms with Gasteiger partial charge in [-0.05, 0) is 36.1 Å². The first-order valence-corrected chi connectivity index (χ1v) is 6.81. The molecule has 0 saturated carbocycles. The summed E-state index contributed by atoms with van der Waals surface area (Å²) >= 11 is 9.26. The first-order valence-electron chi connectivity index (χ1n) is 5.64. The molecule has 0 N–H and O–H groups in total. The molecule has 2 aromatic rings. The monoisotopic (exact) mass is 345 g/mol. The zero-order chi connectivity index (χ0) is 14.0. The van der Waals surface area contributed by atoms with E-state index in [1.165, 1.54) is 12.5 Å². The number of furan rings is 1. The van der Waals surface area contributed by atoms with Crippen molar-refractivity contribution in [2.24, 2.45) is 0 Å². The second-order valence-corrected chi connectivity index (χ2v) is 5.43. The second-order valence-electron chi connectivity index (χ2n) is 4.30. The summed E-state index contributed by atoms with van der Waals surface area (Å²) in [6, 6.07) is 1.60. The van der Waals surface area contributed by atoms with E-state index in [0.717, 1.165) is 6.54 Å². The van der Waals surface area contributed by atoms with Gasteiger partial charge in [0.05, 0.1) is 29.6 Å². The number of hydrogen-bond acceptors (Lipinski definition) is 4. The van der Waals surface area contributed by atoms with Crippen LogP contribution in [0, 0.1) is 0 Å². The zero-order valence-electron chi connectivity index (χ0n) is 10.6. The first kappa shape index (κ1) is 14.3. The topological polar surface area (TPSA) is 51.3 Å². The van der Waals surface area contributed by atoms with E-state index in [9.17, 15) is 4.79 Å². The Morgan fingerprint density at radius 2 is 2.32 bits per heavy atom. The van der Waals surface area contributed by atoms with E-state index in [4.69, 9.17) is 16.0 Å². The normalized spacial score (nSPS) is 11.2. The van der Waals surface area contributed by atoms with Crippen molar-refractivity contribution >= 4 is 33.3 Å². The lowest BCUT2D eigenvalue weighted by atomic mass is 10.1. The third-order valence-electron chi connectivity index (χ3n) is 2.63.